The number of rotatable bonds is 9. The van der Waals surface area contributed by atoms with Crippen LogP contribution in [0.1, 0.15) is 38.5 Å². The standard InChI is InChI=1S/C20H23ClN6O5S2/c1-11-12(7-27-8-14(21)5-25-27)3-18(33-11)19(29)16-6-23-10-24-20(16)26-15-2-13(17(28)4-15)9-32-34(22,30)31/h3,5-6,8,10,13,15,17,28H,2,4,7,9H2,1H3,(H2,22,30,31)(H,23,24,26)/t13-,15-,17+/m1/s1. The third-order valence-electron chi connectivity index (χ3n) is 5.58. The zero-order valence-electron chi connectivity index (χ0n) is 18.1. The van der Waals surface area contributed by atoms with E-state index in [1.165, 1.54) is 23.9 Å². The molecule has 14 heteroatoms. The number of aryl methyl sites for hydroxylation is 1. The maximum atomic E-state index is 13.3. The molecule has 0 saturated heterocycles. The van der Waals surface area contributed by atoms with E-state index in [-0.39, 0.29) is 18.4 Å². The molecule has 1 fully saturated rings. The van der Waals surface area contributed by atoms with Crippen molar-refractivity contribution in [1.29, 1.82) is 0 Å². The van der Waals surface area contributed by atoms with Crippen molar-refractivity contribution in [1.82, 2.24) is 19.7 Å². The Kier molecular flexibility index (Phi) is 7.31. The monoisotopic (exact) mass is 526 g/mol. The summed E-state index contributed by atoms with van der Waals surface area (Å²) in [5, 5.41) is 23.1. The van der Waals surface area contributed by atoms with Gasteiger partial charge in [-0.05, 0) is 31.4 Å². The van der Waals surface area contributed by atoms with Crippen LogP contribution in [0.2, 0.25) is 5.02 Å². The van der Waals surface area contributed by atoms with Gasteiger partial charge in [0.2, 0.25) is 5.78 Å². The second-order valence-corrected chi connectivity index (χ2v) is 11.0. The lowest BCUT2D eigenvalue weighted by Crippen LogP contribution is -2.24. The van der Waals surface area contributed by atoms with Gasteiger partial charge in [-0.1, -0.05) is 11.6 Å². The van der Waals surface area contributed by atoms with E-state index in [0.29, 0.717) is 40.7 Å². The first-order valence-electron chi connectivity index (χ1n) is 10.3. The molecular weight excluding hydrogens is 504 g/mol. The summed E-state index contributed by atoms with van der Waals surface area (Å²) in [5.74, 6) is -0.305. The summed E-state index contributed by atoms with van der Waals surface area (Å²) in [6.45, 7) is 2.21. The number of nitrogens with zero attached hydrogens (tertiary/aromatic N) is 4. The van der Waals surface area contributed by atoms with Gasteiger partial charge < -0.3 is 10.4 Å². The summed E-state index contributed by atoms with van der Waals surface area (Å²) < 4.78 is 28.4. The number of halogens is 1. The normalized spacial score (nSPS) is 20.5. The molecule has 1 aliphatic rings. The number of hydrogen-bond donors (Lipinski definition) is 3. The second-order valence-electron chi connectivity index (χ2n) is 8.08. The van der Waals surface area contributed by atoms with E-state index in [0.717, 1.165) is 10.4 Å². The Morgan fingerprint density at radius 3 is 2.91 bits per heavy atom. The Hall–Kier alpha value is -2.42. The molecule has 4 N–H and O–H groups in total. The molecule has 182 valence electrons. The molecule has 0 bridgehead atoms. The molecule has 0 radical (unpaired) electrons. The highest BCUT2D eigenvalue weighted by atomic mass is 35.5. The highest BCUT2D eigenvalue weighted by Gasteiger charge is 2.34. The van der Waals surface area contributed by atoms with Crippen molar-refractivity contribution in [3.05, 3.63) is 56.9 Å². The van der Waals surface area contributed by atoms with Crippen molar-refractivity contribution in [2.45, 2.75) is 38.5 Å². The molecular formula is C20H23ClN6O5S2. The molecule has 3 aromatic rings. The van der Waals surface area contributed by atoms with Gasteiger partial charge in [-0.25, -0.2) is 15.1 Å². The van der Waals surface area contributed by atoms with Gasteiger partial charge in [-0.2, -0.15) is 13.5 Å². The van der Waals surface area contributed by atoms with Crippen LogP contribution in [0.25, 0.3) is 0 Å². The Bertz CT molecular complexity index is 1290. The summed E-state index contributed by atoms with van der Waals surface area (Å²) in [6, 6.07) is 1.59. The van der Waals surface area contributed by atoms with Gasteiger partial charge in [-0.15, -0.1) is 11.3 Å². The fourth-order valence-corrected chi connectivity index (χ4v) is 5.42. The minimum Gasteiger partial charge on any atom is -0.393 e. The van der Waals surface area contributed by atoms with Crippen LogP contribution in [0.15, 0.2) is 31.0 Å². The maximum Gasteiger partial charge on any atom is 0.333 e. The Morgan fingerprint density at radius 1 is 1.41 bits per heavy atom. The third kappa shape index (κ3) is 5.98. The zero-order chi connectivity index (χ0) is 24.5. The van der Waals surface area contributed by atoms with E-state index in [2.05, 4.69) is 24.6 Å². The van der Waals surface area contributed by atoms with E-state index >= 15 is 0 Å². The van der Waals surface area contributed by atoms with E-state index in [9.17, 15) is 18.3 Å². The number of carbonyl (C=O) groups excluding carboxylic acids is 1. The summed E-state index contributed by atoms with van der Waals surface area (Å²) in [5.41, 5.74) is 1.26. The van der Waals surface area contributed by atoms with Gasteiger partial charge in [-0.3, -0.25) is 13.7 Å². The lowest BCUT2D eigenvalue weighted by atomic mass is 10.1. The number of aliphatic hydroxyl groups is 1. The number of aromatic nitrogens is 4. The minimum atomic E-state index is -4.09. The maximum absolute atomic E-state index is 13.3. The number of thiophene rings is 1. The summed E-state index contributed by atoms with van der Waals surface area (Å²) in [4.78, 5) is 23.1. The summed E-state index contributed by atoms with van der Waals surface area (Å²) in [6.07, 6.45) is 6.03. The molecule has 1 saturated carbocycles. The molecule has 11 nitrogen and oxygen atoms in total. The fraction of sp³-hybridized carbons (Fsp3) is 0.400. The van der Waals surface area contributed by atoms with Crippen LogP contribution in [0, 0.1) is 12.8 Å². The van der Waals surface area contributed by atoms with Crippen LogP contribution < -0.4 is 10.5 Å². The lowest BCUT2D eigenvalue weighted by molar-refractivity contribution is 0.101. The van der Waals surface area contributed by atoms with Crippen LogP contribution in [0.4, 0.5) is 5.82 Å². The van der Waals surface area contributed by atoms with E-state index < -0.39 is 22.3 Å². The first kappa shape index (κ1) is 24.7. The number of aliphatic hydroxyl groups excluding tert-OH is 1. The van der Waals surface area contributed by atoms with Gasteiger partial charge in [0.1, 0.15) is 12.1 Å². The van der Waals surface area contributed by atoms with Gasteiger partial charge in [0.05, 0.1) is 40.9 Å². The van der Waals surface area contributed by atoms with Crippen molar-refractivity contribution in [3.8, 4) is 0 Å². The van der Waals surface area contributed by atoms with E-state index in [1.807, 2.05) is 13.0 Å². The summed E-state index contributed by atoms with van der Waals surface area (Å²) >= 11 is 7.31. The molecule has 4 rings (SSSR count). The van der Waals surface area contributed by atoms with Crippen molar-refractivity contribution >= 4 is 44.8 Å². The number of nitrogens with two attached hydrogens (primary N) is 1. The van der Waals surface area contributed by atoms with E-state index in [4.69, 9.17) is 16.7 Å². The average Bonchev–Trinajstić information content (AvgIpc) is 3.45. The fourth-order valence-electron chi connectivity index (χ4n) is 3.91. The highest BCUT2D eigenvalue weighted by molar-refractivity contribution is 7.84. The predicted octanol–water partition coefficient (Wildman–Crippen LogP) is 1.75. The molecule has 0 amide bonds. The summed E-state index contributed by atoms with van der Waals surface area (Å²) in [7, 11) is -4.09. The van der Waals surface area contributed by atoms with Gasteiger partial charge in [0.25, 0.3) is 0 Å². The highest BCUT2D eigenvalue weighted by Crippen LogP contribution is 2.31. The number of ketones is 1. The van der Waals surface area contributed by atoms with Crippen LogP contribution in [0.3, 0.4) is 0 Å². The van der Waals surface area contributed by atoms with Crippen molar-refractivity contribution in [2.24, 2.45) is 11.1 Å². The molecule has 0 spiro atoms. The average molecular weight is 527 g/mol. The molecule has 3 heterocycles. The van der Waals surface area contributed by atoms with Crippen molar-refractivity contribution in [2.75, 3.05) is 11.9 Å². The van der Waals surface area contributed by atoms with Gasteiger partial charge in [0.15, 0.2) is 0 Å². The first-order valence-corrected chi connectivity index (χ1v) is 13.0. The lowest BCUT2D eigenvalue weighted by Gasteiger charge is -2.15. The number of carbonyl (C=O) groups is 1. The van der Waals surface area contributed by atoms with Crippen LogP contribution in [-0.4, -0.2) is 57.8 Å². The first-order chi connectivity index (χ1) is 16.1. The van der Waals surface area contributed by atoms with Crippen molar-refractivity contribution in [3.63, 3.8) is 0 Å². The number of nitrogens with one attached hydrogen (secondary N) is 1. The Balaban J connectivity index is 1.47. The van der Waals surface area contributed by atoms with Crippen LogP contribution >= 0.6 is 22.9 Å². The number of hydrogen-bond acceptors (Lipinski definition) is 10. The molecule has 34 heavy (non-hydrogen) atoms. The molecule has 0 aromatic carbocycles. The quantitative estimate of drug-likeness (QED) is 0.352. The number of anilines is 1. The predicted molar refractivity (Wildman–Crippen MR) is 126 cm³/mol. The SMILES string of the molecule is Cc1sc(C(=O)c2cncnc2N[C@@H]2C[C@H](COS(N)(=O)=O)[C@@H](O)C2)cc1Cn1cc(Cl)cn1. The Labute approximate surface area is 205 Å². The zero-order valence-corrected chi connectivity index (χ0v) is 20.5. The van der Waals surface area contributed by atoms with Crippen LogP contribution in [0.5, 0.6) is 0 Å². The molecule has 3 atom stereocenters. The second kappa shape index (κ2) is 10.1. The van der Waals surface area contributed by atoms with Gasteiger partial charge in [0, 0.05) is 29.2 Å². The van der Waals surface area contributed by atoms with E-state index in [1.54, 1.807) is 17.1 Å². The topological polar surface area (TPSA) is 162 Å². The van der Waals surface area contributed by atoms with Gasteiger partial charge >= 0.3 is 10.3 Å². The molecule has 3 aromatic heterocycles. The van der Waals surface area contributed by atoms with Crippen LogP contribution in [-0.2, 0) is 21.0 Å². The minimum absolute atomic E-state index is 0.216. The molecule has 0 aliphatic heterocycles. The van der Waals surface area contributed by atoms with Crippen molar-refractivity contribution < 1.29 is 22.5 Å². The molecule has 1 aliphatic carbocycles. The largest absolute Gasteiger partial charge is 0.393 e. The third-order valence-corrected chi connectivity index (χ3v) is 7.33. The Morgan fingerprint density at radius 2 is 2.21 bits per heavy atom. The smallest absolute Gasteiger partial charge is 0.333 e. The molecule has 0 unspecified atom stereocenters.